The van der Waals surface area contributed by atoms with Crippen LogP contribution in [0.2, 0.25) is 0 Å². The van der Waals surface area contributed by atoms with Crippen LogP contribution in [0.3, 0.4) is 0 Å². The van der Waals surface area contributed by atoms with Gasteiger partial charge in [-0.3, -0.25) is 5.32 Å². The summed E-state index contributed by atoms with van der Waals surface area (Å²) in [5, 5.41) is 10.9. The number of nitriles is 1. The predicted octanol–water partition coefficient (Wildman–Crippen LogP) is 3.45. The molecule has 0 unspecified atom stereocenters. The summed E-state index contributed by atoms with van der Waals surface area (Å²) in [6, 6.07) is 1.71. The Hall–Kier alpha value is -1.95. The Bertz CT molecular complexity index is 566. The highest BCUT2D eigenvalue weighted by atomic mass is 32.2. The van der Waals surface area contributed by atoms with Crippen molar-refractivity contribution in [3.8, 4) is 11.9 Å². The molecule has 0 aromatic heterocycles. The number of ether oxygens (including phenoxy) is 1. The van der Waals surface area contributed by atoms with Crippen molar-refractivity contribution in [3.63, 3.8) is 0 Å². The number of hydrogen-bond acceptors (Lipinski definition) is 4. The number of aryl methyl sites for hydroxylation is 1. The molecule has 0 heterocycles. The lowest BCUT2D eigenvalue weighted by atomic mass is 10.2. The van der Waals surface area contributed by atoms with Crippen molar-refractivity contribution in [2.24, 2.45) is 4.99 Å². The van der Waals surface area contributed by atoms with Gasteiger partial charge in [0.25, 0.3) is 0 Å². The molecule has 9 heteroatoms. The Labute approximate surface area is 116 Å². The van der Waals surface area contributed by atoms with Crippen LogP contribution < -0.4 is 10.1 Å². The highest BCUT2D eigenvalue weighted by Crippen LogP contribution is 2.31. The zero-order chi connectivity index (χ0) is 15.3. The molecule has 1 rings (SSSR count). The van der Waals surface area contributed by atoms with Crippen molar-refractivity contribution < 1.29 is 22.3 Å². The monoisotopic (exact) mass is 307 g/mol. The average molecular weight is 307 g/mol. The molecular formula is C11H9F4N3OS. The van der Waals surface area contributed by atoms with E-state index in [4.69, 9.17) is 5.26 Å². The van der Waals surface area contributed by atoms with Gasteiger partial charge in [-0.15, -0.1) is 13.2 Å². The van der Waals surface area contributed by atoms with Crippen LogP contribution in [0.5, 0.6) is 5.75 Å². The SMILES string of the molecule is CSC(=Nc1cc(F)c(OC(F)(F)F)cc1C)NC#N. The van der Waals surface area contributed by atoms with Gasteiger partial charge >= 0.3 is 6.36 Å². The van der Waals surface area contributed by atoms with Gasteiger partial charge in [-0.1, -0.05) is 11.8 Å². The number of nitrogens with one attached hydrogen (secondary N) is 1. The van der Waals surface area contributed by atoms with Gasteiger partial charge in [0, 0.05) is 6.07 Å². The van der Waals surface area contributed by atoms with Gasteiger partial charge in [-0.2, -0.15) is 5.26 Å². The topological polar surface area (TPSA) is 57.4 Å². The third-order valence-corrected chi connectivity index (χ3v) is 2.63. The summed E-state index contributed by atoms with van der Waals surface area (Å²) in [5.41, 5.74) is 0.376. The van der Waals surface area contributed by atoms with E-state index in [0.29, 0.717) is 0 Å². The Morgan fingerprint density at radius 2 is 2.10 bits per heavy atom. The smallest absolute Gasteiger partial charge is 0.403 e. The van der Waals surface area contributed by atoms with Gasteiger partial charge in [-0.25, -0.2) is 9.38 Å². The van der Waals surface area contributed by atoms with E-state index in [1.54, 1.807) is 12.4 Å². The van der Waals surface area contributed by atoms with E-state index in [1.165, 1.54) is 6.92 Å². The molecule has 0 saturated carbocycles. The molecule has 1 aromatic rings. The summed E-state index contributed by atoms with van der Waals surface area (Å²) >= 11 is 1.10. The Morgan fingerprint density at radius 3 is 2.60 bits per heavy atom. The molecule has 0 aliphatic rings. The van der Waals surface area contributed by atoms with Crippen LogP contribution >= 0.6 is 11.8 Å². The molecule has 108 valence electrons. The first-order valence-corrected chi connectivity index (χ1v) is 6.33. The van der Waals surface area contributed by atoms with Crippen LogP contribution in [0.4, 0.5) is 23.2 Å². The summed E-state index contributed by atoms with van der Waals surface area (Å²) in [5.74, 6) is -2.11. The van der Waals surface area contributed by atoms with E-state index in [2.05, 4.69) is 15.0 Å². The highest BCUT2D eigenvalue weighted by molar-refractivity contribution is 8.13. The van der Waals surface area contributed by atoms with E-state index in [-0.39, 0.29) is 16.4 Å². The van der Waals surface area contributed by atoms with Gasteiger partial charge in [0.2, 0.25) is 0 Å². The van der Waals surface area contributed by atoms with Gasteiger partial charge < -0.3 is 4.74 Å². The number of nitrogens with zero attached hydrogens (tertiary/aromatic N) is 2. The van der Waals surface area contributed by atoms with Crippen molar-refractivity contribution in [3.05, 3.63) is 23.5 Å². The number of thioether (sulfide) groups is 1. The number of rotatable bonds is 2. The lowest BCUT2D eigenvalue weighted by Crippen LogP contribution is -2.18. The maximum absolute atomic E-state index is 13.5. The fourth-order valence-corrected chi connectivity index (χ4v) is 1.59. The van der Waals surface area contributed by atoms with E-state index < -0.39 is 17.9 Å². The second kappa shape index (κ2) is 6.47. The zero-order valence-electron chi connectivity index (χ0n) is 10.4. The Kier molecular flexibility index (Phi) is 5.21. The summed E-state index contributed by atoms with van der Waals surface area (Å²) in [7, 11) is 0. The number of halogens is 4. The predicted molar refractivity (Wildman–Crippen MR) is 67.2 cm³/mol. The lowest BCUT2D eigenvalue weighted by Gasteiger charge is -2.11. The molecule has 0 fully saturated rings. The normalized spacial score (nSPS) is 11.9. The highest BCUT2D eigenvalue weighted by Gasteiger charge is 2.32. The van der Waals surface area contributed by atoms with Crippen LogP contribution in [0.25, 0.3) is 0 Å². The van der Waals surface area contributed by atoms with E-state index in [9.17, 15) is 17.6 Å². The lowest BCUT2D eigenvalue weighted by molar-refractivity contribution is -0.275. The van der Waals surface area contributed by atoms with Crippen LogP contribution in [-0.2, 0) is 0 Å². The van der Waals surface area contributed by atoms with Gasteiger partial charge in [0.05, 0.1) is 5.69 Å². The Balaban J connectivity index is 3.15. The maximum Gasteiger partial charge on any atom is 0.573 e. The van der Waals surface area contributed by atoms with Crippen LogP contribution in [0.1, 0.15) is 5.56 Å². The van der Waals surface area contributed by atoms with Crippen molar-refractivity contribution in [1.82, 2.24) is 5.32 Å². The molecule has 0 radical (unpaired) electrons. The fourth-order valence-electron chi connectivity index (χ4n) is 1.25. The largest absolute Gasteiger partial charge is 0.573 e. The molecule has 1 aromatic carbocycles. The second-order valence-corrected chi connectivity index (χ2v) is 4.27. The minimum Gasteiger partial charge on any atom is -0.403 e. The standard InChI is InChI=1S/C11H9F4N3OS/c1-6-3-9(19-11(13,14)15)7(12)4-8(6)18-10(20-2)17-5-16/h3-4H,1-2H3,(H,17,18). The fraction of sp³-hybridized carbons (Fsp3) is 0.273. The van der Waals surface area contributed by atoms with Gasteiger partial charge in [-0.05, 0) is 24.8 Å². The van der Waals surface area contributed by atoms with Crippen LogP contribution in [0.15, 0.2) is 17.1 Å². The van der Waals surface area contributed by atoms with Crippen molar-refractivity contribution in [2.45, 2.75) is 13.3 Å². The number of benzene rings is 1. The molecule has 0 spiro atoms. The van der Waals surface area contributed by atoms with Crippen molar-refractivity contribution in [1.29, 1.82) is 5.26 Å². The Morgan fingerprint density at radius 1 is 1.45 bits per heavy atom. The van der Waals surface area contributed by atoms with Crippen molar-refractivity contribution in [2.75, 3.05) is 6.26 Å². The first-order valence-electron chi connectivity index (χ1n) is 5.10. The third-order valence-electron chi connectivity index (χ3n) is 2.05. The maximum atomic E-state index is 13.5. The second-order valence-electron chi connectivity index (χ2n) is 3.47. The summed E-state index contributed by atoms with van der Waals surface area (Å²) < 4.78 is 53.2. The minimum absolute atomic E-state index is 0.101. The average Bonchev–Trinajstić information content (AvgIpc) is 2.32. The van der Waals surface area contributed by atoms with E-state index in [0.717, 1.165) is 23.9 Å². The number of alkyl halides is 3. The van der Waals surface area contributed by atoms with Crippen LogP contribution in [-0.4, -0.2) is 17.8 Å². The summed E-state index contributed by atoms with van der Waals surface area (Å²) in [4.78, 5) is 3.93. The molecule has 0 bridgehead atoms. The molecule has 0 aliphatic heterocycles. The van der Waals surface area contributed by atoms with Crippen molar-refractivity contribution >= 4 is 22.6 Å². The molecule has 0 atom stereocenters. The first-order chi connectivity index (χ1) is 9.26. The van der Waals surface area contributed by atoms with E-state index in [1.807, 2.05) is 0 Å². The molecular weight excluding hydrogens is 298 g/mol. The summed E-state index contributed by atoms with van der Waals surface area (Å²) in [6.07, 6.45) is -1.69. The minimum atomic E-state index is -4.97. The molecule has 0 amide bonds. The molecule has 4 nitrogen and oxygen atoms in total. The number of aliphatic imine (C=N–C) groups is 1. The number of hydrogen-bond donors (Lipinski definition) is 1. The third kappa shape index (κ3) is 4.62. The number of amidine groups is 1. The van der Waals surface area contributed by atoms with Gasteiger partial charge in [0.1, 0.15) is 0 Å². The first kappa shape index (κ1) is 16.1. The molecule has 0 saturated heterocycles. The van der Waals surface area contributed by atoms with Gasteiger partial charge in [0.15, 0.2) is 22.9 Å². The van der Waals surface area contributed by atoms with Crippen LogP contribution in [0, 0.1) is 24.2 Å². The molecule has 20 heavy (non-hydrogen) atoms. The molecule has 0 aliphatic carbocycles. The summed E-state index contributed by atoms with van der Waals surface area (Å²) in [6.45, 7) is 1.45. The quantitative estimate of drug-likeness (QED) is 0.299. The zero-order valence-corrected chi connectivity index (χ0v) is 11.2. The van der Waals surface area contributed by atoms with E-state index >= 15 is 0 Å². The molecule has 1 N–H and O–H groups in total.